The average Bonchev–Trinajstić information content (AvgIpc) is 2.03. The minimum absolute atomic E-state index is 0.751. The molecule has 8 heteroatoms. The molecule has 0 bridgehead atoms. The van der Waals surface area contributed by atoms with Gasteiger partial charge in [-0.3, -0.25) is 0 Å². The van der Waals surface area contributed by atoms with Gasteiger partial charge in [-0.1, -0.05) is 13.3 Å². The molecule has 0 rings (SSSR count). The van der Waals surface area contributed by atoms with Gasteiger partial charge in [0.15, 0.2) is 0 Å². The molecule has 0 saturated carbocycles. The molecule has 0 spiro atoms. The molecular formula is C5H18O4Si4. The van der Waals surface area contributed by atoms with Gasteiger partial charge in [-0.25, -0.2) is 0 Å². The molecule has 0 aromatic carbocycles. The zero-order valence-corrected chi connectivity index (χ0v) is 13.2. The summed E-state index contributed by atoms with van der Waals surface area (Å²) in [6.45, 7) is 5.70. The summed E-state index contributed by atoms with van der Waals surface area (Å²) in [4.78, 5) is 9.72. The largest absolute Gasteiger partial charge is 0.440 e. The minimum Gasteiger partial charge on any atom is -0.440 e. The van der Waals surface area contributed by atoms with Crippen LogP contribution >= 0.6 is 0 Å². The zero-order valence-electron chi connectivity index (χ0n) is 8.45. The highest BCUT2D eigenvalue weighted by molar-refractivity contribution is 7.03. The third kappa shape index (κ3) is 7.61. The van der Waals surface area contributed by atoms with E-state index in [1.807, 2.05) is 13.5 Å². The lowest BCUT2D eigenvalue weighted by Crippen LogP contribution is -2.38. The van der Waals surface area contributed by atoms with Gasteiger partial charge in [0.25, 0.3) is 18.9 Å². The smallest absolute Gasteiger partial charge is 0.323 e. The van der Waals surface area contributed by atoms with Gasteiger partial charge in [0.05, 0.1) is 0 Å². The Balaban J connectivity index is 3.56. The molecule has 2 atom stereocenters. The standard InChI is InChI=1S/C5H18O4Si4/c1-4-5-13(3,7)9-11-8-12(2)10-6/h7,10,12H,4-5,11H2,1-3H3. The Labute approximate surface area is 86.4 Å². The molecule has 2 unspecified atom stereocenters. The van der Waals surface area contributed by atoms with Crippen LogP contribution in [0, 0.1) is 0 Å². The maximum absolute atomic E-state index is 10.4. The number of hydrogen-bond acceptors (Lipinski definition) is 4. The van der Waals surface area contributed by atoms with Crippen LogP contribution in [0.3, 0.4) is 0 Å². The molecule has 0 heterocycles. The first-order chi connectivity index (χ1) is 6.02. The maximum atomic E-state index is 10.4. The molecule has 0 amide bonds. The molecule has 0 fully saturated rings. The van der Waals surface area contributed by atoms with Crippen molar-refractivity contribution in [3.63, 3.8) is 0 Å². The van der Waals surface area contributed by atoms with E-state index in [1.54, 1.807) is 6.55 Å². The minimum atomic E-state index is -2.42. The van der Waals surface area contributed by atoms with Gasteiger partial charge in [-0.15, -0.1) is 0 Å². The Bertz CT molecular complexity index is 153. The molecule has 0 aromatic heterocycles. The molecule has 0 aliphatic rings. The molecule has 4 nitrogen and oxygen atoms in total. The predicted molar refractivity (Wildman–Crippen MR) is 60.5 cm³/mol. The van der Waals surface area contributed by atoms with Crippen LogP contribution in [0.5, 0.6) is 0 Å². The van der Waals surface area contributed by atoms with Gasteiger partial charge in [0, 0.05) is 0 Å². The van der Waals surface area contributed by atoms with Crippen LogP contribution in [-0.2, 0) is 12.7 Å². The average molecular weight is 255 g/mol. The van der Waals surface area contributed by atoms with Crippen molar-refractivity contribution in [1.29, 1.82) is 0 Å². The van der Waals surface area contributed by atoms with Gasteiger partial charge >= 0.3 is 8.56 Å². The lowest BCUT2D eigenvalue weighted by molar-refractivity contribution is 0.357. The Morgan fingerprint density at radius 1 is 1.69 bits per heavy atom. The van der Waals surface area contributed by atoms with Crippen LogP contribution in [0.2, 0.25) is 19.1 Å². The SMILES string of the molecule is CCC[Si](C)(O)O[SiH2]O[SiH](C)[SiH]=O. The summed E-state index contributed by atoms with van der Waals surface area (Å²) in [7, 11) is -5.66. The van der Waals surface area contributed by atoms with E-state index in [0.29, 0.717) is 0 Å². The van der Waals surface area contributed by atoms with Crippen molar-refractivity contribution >= 4 is 36.0 Å². The fraction of sp³-hybridized carbons (Fsp3) is 1.00. The quantitative estimate of drug-likeness (QED) is 0.600. The summed E-state index contributed by atoms with van der Waals surface area (Å²) >= 11 is 0. The summed E-state index contributed by atoms with van der Waals surface area (Å²) < 4.78 is 21.1. The molecule has 0 aromatic rings. The van der Waals surface area contributed by atoms with E-state index in [9.17, 15) is 9.26 Å². The van der Waals surface area contributed by atoms with Crippen molar-refractivity contribution < 1.29 is 17.5 Å². The van der Waals surface area contributed by atoms with E-state index in [0.717, 1.165) is 12.5 Å². The Kier molecular flexibility index (Phi) is 7.21. The van der Waals surface area contributed by atoms with Crippen molar-refractivity contribution in [2.45, 2.75) is 32.5 Å². The third-order valence-electron chi connectivity index (χ3n) is 1.61. The highest BCUT2D eigenvalue weighted by Crippen LogP contribution is 2.08. The van der Waals surface area contributed by atoms with Gasteiger partial charge in [-0.05, 0) is 19.1 Å². The topological polar surface area (TPSA) is 55.8 Å². The van der Waals surface area contributed by atoms with E-state index in [4.69, 9.17) is 8.23 Å². The molecule has 0 aliphatic heterocycles. The summed E-state index contributed by atoms with van der Waals surface area (Å²) in [6, 6.07) is 0.754. The van der Waals surface area contributed by atoms with Crippen LogP contribution < -0.4 is 0 Å². The van der Waals surface area contributed by atoms with Crippen LogP contribution in [-0.4, -0.2) is 40.8 Å². The Morgan fingerprint density at radius 3 is 2.77 bits per heavy atom. The first-order valence-electron chi connectivity index (χ1n) is 4.45. The second-order valence-corrected chi connectivity index (χ2v) is 14.1. The van der Waals surface area contributed by atoms with E-state index in [1.165, 1.54) is 0 Å². The molecule has 0 radical (unpaired) electrons. The van der Waals surface area contributed by atoms with Crippen molar-refractivity contribution in [3.8, 4) is 0 Å². The van der Waals surface area contributed by atoms with Crippen molar-refractivity contribution in [2.24, 2.45) is 0 Å². The van der Waals surface area contributed by atoms with Crippen LogP contribution in [0.25, 0.3) is 0 Å². The zero-order chi connectivity index (χ0) is 10.3. The molecule has 78 valence electrons. The normalized spacial score (nSPS) is 18.8. The van der Waals surface area contributed by atoms with Crippen LogP contribution in [0.15, 0.2) is 0 Å². The van der Waals surface area contributed by atoms with Gasteiger partial charge in [0.1, 0.15) is 0 Å². The van der Waals surface area contributed by atoms with Crippen LogP contribution in [0.4, 0.5) is 0 Å². The second-order valence-electron chi connectivity index (χ2n) is 3.20. The first-order valence-corrected chi connectivity index (χ1v) is 12.9. The van der Waals surface area contributed by atoms with Crippen molar-refractivity contribution in [1.82, 2.24) is 0 Å². The second kappa shape index (κ2) is 6.92. The third-order valence-corrected chi connectivity index (χ3v) is 11.9. The van der Waals surface area contributed by atoms with E-state index >= 15 is 0 Å². The summed E-state index contributed by atoms with van der Waals surface area (Å²) in [6.07, 6.45) is 0.938. The lowest BCUT2D eigenvalue weighted by atomic mass is 10.6. The number of rotatable bonds is 7. The van der Waals surface area contributed by atoms with E-state index in [-0.39, 0.29) is 0 Å². The predicted octanol–water partition coefficient (Wildman–Crippen LogP) is -0.875. The lowest BCUT2D eigenvalue weighted by Gasteiger charge is -2.20. The van der Waals surface area contributed by atoms with Gasteiger partial charge in [0.2, 0.25) is 8.56 Å². The van der Waals surface area contributed by atoms with E-state index < -0.39 is 36.0 Å². The fourth-order valence-electron chi connectivity index (χ4n) is 0.844. The molecule has 0 saturated heterocycles. The van der Waals surface area contributed by atoms with E-state index in [2.05, 4.69) is 0 Å². The molecule has 0 aliphatic carbocycles. The first kappa shape index (κ1) is 13.5. The Morgan fingerprint density at radius 2 is 2.31 bits per heavy atom. The summed E-state index contributed by atoms with van der Waals surface area (Å²) in [5.41, 5.74) is 0. The van der Waals surface area contributed by atoms with Crippen molar-refractivity contribution in [2.75, 3.05) is 0 Å². The van der Waals surface area contributed by atoms with Crippen molar-refractivity contribution in [3.05, 3.63) is 0 Å². The van der Waals surface area contributed by atoms with Gasteiger partial charge in [-0.2, -0.15) is 0 Å². The summed E-state index contributed by atoms with van der Waals surface area (Å²) in [5.74, 6) is 0. The highest BCUT2D eigenvalue weighted by atomic mass is 29.2. The Hall–Kier alpha value is 0.548. The fourth-order valence-corrected chi connectivity index (χ4v) is 6.84. The summed E-state index contributed by atoms with van der Waals surface area (Å²) in [5, 5.41) is 0. The van der Waals surface area contributed by atoms with Crippen LogP contribution in [0.1, 0.15) is 13.3 Å². The maximum Gasteiger partial charge on any atom is 0.323 e. The number of hydrogen-bond donors (Lipinski definition) is 1. The van der Waals surface area contributed by atoms with Gasteiger partial charge < -0.3 is 17.5 Å². The molecule has 1 N–H and O–H groups in total. The highest BCUT2D eigenvalue weighted by Gasteiger charge is 2.25. The molecular weight excluding hydrogens is 236 g/mol. The molecule has 13 heavy (non-hydrogen) atoms. The monoisotopic (exact) mass is 254 g/mol.